The topological polar surface area (TPSA) is 79.3 Å². The van der Waals surface area contributed by atoms with Crippen molar-refractivity contribution in [3.63, 3.8) is 0 Å². The van der Waals surface area contributed by atoms with E-state index in [1.165, 1.54) is 6.07 Å². The van der Waals surface area contributed by atoms with Gasteiger partial charge in [-0.25, -0.2) is 14.2 Å². The van der Waals surface area contributed by atoms with Gasteiger partial charge in [0.05, 0.1) is 6.20 Å². The minimum atomic E-state index is -1.26. The van der Waals surface area contributed by atoms with Crippen molar-refractivity contribution in [3.8, 4) is 0 Å². The molecule has 2 atom stereocenters. The number of nitrogens with zero attached hydrogens (tertiary/aromatic N) is 1. The smallest absolute Gasteiger partial charge is 0.329 e. The normalized spacial score (nSPS) is 26.0. The van der Waals surface area contributed by atoms with Gasteiger partial charge in [0.25, 0.3) is 5.91 Å². The molecular formula is C14H17FN2O3. The molecule has 2 unspecified atom stereocenters. The van der Waals surface area contributed by atoms with Crippen molar-refractivity contribution in [2.45, 2.75) is 38.1 Å². The summed E-state index contributed by atoms with van der Waals surface area (Å²) >= 11 is 0. The van der Waals surface area contributed by atoms with Crippen molar-refractivity contribution >= 4 is 11.9 Å². The average molecular weight is 280 g/mol. The maximum absolute atomic E-state index is 12.8. The van der Waals surface area contributed by atoms with Crippen molar-refractivity contribution < 1.29 is 19.1 Å². The number of hydrogen-bond acceptors (Lipinski definition) is 3. The number of carboxylic acid groups (broad SMARTS) is 1. The minimum absolute atomic E-state index is 0.0183. The maximum Gasteiger partial charge on any atom is 0.329 e. The van der Waals surface area contributed by atoms with Gasteiger partial charge in [-0.05, 0) is 30.9 Å². The number of rotatable bonds is 3. The van der Waals surface area contributed by atoms with Crippen LogP contribution in [0.5, 0.6) is 0 Å². The molecule has 0 aromatic carbocycles. The molecule has 2 rings (SSSR count). The highest BCUT2D eigenvalue weighted by atomic mass is 19.1. The Balaban J connectivity index is 2.22. The summed E-state index contributed by atoms with van der Waals surface area (Å²) in [5, 5.41) is 12.1. The van der Waals surface area contributed by atoms with E-state index in [9.17, 15) is 19.1 Å². The van der Waals surface area contributed by atoms with Crippen LogP contribution < -0.4 is 5.32 Å². The first kappa shape index (κ1) is 14.4. The second kappa shape index (κ2) is 5.56. The Bertz CT molecular complexity index is 518. The van der Waals surface area contributed by atoms with Crippen LogP contribution in [0.3, 0.4) is 0 Å². The molecule has 0 aliphatic heterocycles. The maximum atomic E-state index is 12.8. The summed E-state index contributed by atoms with van der Waals surface area (Å²) in [6, 6.07) is 2.37. The van der Waals surface area contributed by atoms with Crippen LogP contribution >= 0.6 is 0 Å². The lowest BCUT2D eigenvalue weighted by Gasteiger charge is -2.39. The predicted octanol–water partition coefficient (Wildman–Crippen LogP) is 1.98. The van der Waals surface area contributed by atoms with Crippen LogP contribution in [0.15, 0.2) is 18.3 Å². The van der Waals surface area contributed by atoms with E-state index in [0.29, 0.717) is 6.42 Å². The molecule has 1 heterocycles. The van der Waals surface area contributed by atoms with Crippen LogP contribution in [-0.4, -0.2) is 27.5 Å². The molecule has 1 aliphatic carbocycles. The van der Waals surface area contributed by atoms with E-state index in [2.05, 4.69) is 10.3 Å². The zero-order chi connectivity index (χ0) is 14.8. The summed E-state index contributed by atoms with van der Waals surface area (Å²) < 4.78 is 12.8. The summed E-state index contributed by atoms with van der Waals surface area (Å²) in [5.74, 6) is -2.31. The van der Waals surface area contributed by atoms with E-state index in [1.807, 2.05) is 6.92 Å². The minimum Gasteiger partial charge on any atom is -0.479 e. The van der Waals surface area contributed by atoms with E-state index in [-0.39, 0.29) is 11.6 Å². The Morgan fingerprint density at radius 2 is 2.20 bits per heavy atom. The molecule has 20 heavy (non-hydrogen) atoms. The fourth-order valence-corrected chi connectivity index (χ4v) is 2.68. The Kier molecular flexibility index (Phi) is 4.01. The Hall–Kier alpha value is -1.98. The quantitative estimate of drug-likeness (QED) is 0.887. The SMILES string of the molecule is CC1CCCCC1(NC(=O)c1ccc(F)cn1)C(=O)O. The van der Waals surface area contributed by atoms with Gasteiger partial charge < -0.3 is 10.4 Å². The van der Waals surface area contributed by atoms with Crippen molar-refractivity contribution in [1.82, 2.24) is 10.3 Å². The predicted molar refractivity (Wildman–Crippen MR) is 69.7 cm³/mol. The van der Waals surface area contributed by atoms with Crippen LogP contribution in [0.2, 0.25) is 0 Å². The number of carbonyl (C=O) groups excluding carboxylic acids is 1. The second-order valence-electron chi connectivity index (χ2n) is 5.24. The molecule has 6 heteroatoms. The van der Waals surface area contributed by atoms with Gasteiger partial charge >= 0.3 is 5.97 Å². The van der Waals surface area contributed by atoms with Gasteiger partial charge in [0.2, 0.25) is 0 Å². The summed E-state index contributed by atoms with van der Waals surface area (Å²) in [7, 11) is 0. The standard InChI is InChI=1S/C14H17FN2O3/c1-9-4-2-3-7-14(9,13(19)20)17-12(18)11-6-5-10(15)8-16-11/h5-6,8-9H,2-4,7H2,1H3,(H,17,18)(H,19,20). The Morgan fingerprint density at radius 3 is 2.75 bits per heavy atom. The van der Waals surface area contributed by atoms with Gasteiger partial charge in [-0.2, -0.15) is 0 Å². The lowest BCUT2D eigenvalue weighted by molar-refractivity contribution is -0.148. The van der Waals surface area contributed by atoms with Gasteiger partial charge in [-0.15, -0.1) is 0 Å². The van der Waals surface area contributed by atoms with Gasteiger partial charge in [0.15, 0.2) is 0 Å². The van der Waals surface area contributed by atoms with E-state index >= 15 is 0 Å². The van der Waals surface area contributed by atoms with Crippen LogP contribution in [0.25, 0.3) is 0 Å². The number of aromatic nitrogens is 1. The molecule has 108 valence electrons. The third-order valence-corrected chi connectivity index (χ3v) is 3.98. The first-order valence-electron chi connectivity index (χ1n) is 6.63. The van der Waals surface area contributed by atoms with Crippen LogP contribution in [0.4, 0.5) is 4.39 Å². The van der Waals surface area contributed by atoms with Gasteiger partial charge in [-0.1, -0.05) is 19.8 Å². The highest BCUT2D eigenvalue weighted by molar-refractivity contribution is 5.96. The molecule has 1 aromatic rings. The van der Waals surface area contributed by atoms with E-state index in [1.54, 1.807) is 0 Å². The highest BCUT2D eigenvalue weighted by Gasteiger charge is 2.46. The molecule has 2 N–H and O–H groups in total. The Labute approximate surface area is 116 Å². The molecular weight excluding hydrogens is 263 g/mol. The van der Waals surface area contributed by atoms with E-state index in [4.69, 9.17) is 0 Å². The van der Waals surface area contributed by atoms with Crippen molar-refractivity contribution in [2.24, 2.45) is 5.92 Å². The first-order valence-corrected chi connectivity index (χ1v) is 6.63. The molecule has 5 nitrogen and oxygen atoms in total. The zero-order valence-corrected chi connectivity index (χ0v) is 11.2. The lowest BCUT2D eigenvalue weighted by Crippen LogP contribution is -2.60. The molecule has 1 aliphatic rings. The van der Waals surface area contributed by atoms with Gasteiger partial charge in [0.1, 0.15) is 17.1 Å². The molecule has 0 spiro atoms. The van der Waals surface area contributed by atoms with Crippen LogP contribution in [0, 0.1) is 11.7 Å². The molecule has 1 amide bonds. The zero-order valence-electron chi connectivity index (χ0n) is 11.2. The van der Waals surface area contributed by atoms with Crippen molar-refractivity contribution in [2.75, 3.05) is 0 Å². The summed E-state index contributed by atoms with van der Waals surface area (Å²) in [5.41, 5.74) is -1.24. The number of halogens is 1. The van der Waals surface area contributed by atoms with Gasteiger partial charge in [-0.3, -0.25) is 4.79 Å². The summed E-state index contributed by atoms with van der Waals surface area (Å²) in [4.78, 5) is 27.4. The van der Waals surface area contributed by atoms with Crippen LogP contribution in [0.1, 0.15) is 43.1 Å². The van der Waals surface area contributed by atoms with Crippen molar-refractivity contribution in [3.05, 3.63) is 29.8 Å². The number of carboxylic acids is 1. The molecule has 0 bridgehead atoms. The largest absolute Gasteiger partial charge is 0.479 e. The molecule has 1 fully saturated rings. The summed E-state index contributed by atoms with van der Waals surface area (Å²) in [6.45, 7) is 1.83. The van der Waals surface area contributed by atoms with Crippen LogP contribution in [-0.2, 0) is 4.79 Å². The van der Waals surface area contributed by atoms with E-state index in [0.717, 1.165) is 31.5 Å². The van der Waals surface area contributed by atoms with Crippen molar-refractivity contribution in [1.29, 1.82) is 0 Å². The number of carbonyl (C=O) groups is 2. The molecule has 1 saturated carbocycles. The van der Waals surface area contributed by atoms with E-state index < -0.39 is 23.2 Å². The molecule has 0 radical (unpaired) electrons. The van der Waals surface area contributed by atoms with Gasteiger partial charge in [0, 0.05) is 0 Å². The fraction of sp³-hybridized carbons (Fsp3) is 0.500. The number of amides is 1. The number of aliphatic carboxylic acids is 1. The average Bonchev–Trinajstić information content (AvgIpc) is 2.42. The fourth-order valence-electron chi connectivity index (χ4n) is 2.68. The number of pyridine rings is 1. The third-order valence-electron chi connectivity index (χ3n) is 3.98. The monoisotopic (exact) mass is 280 g/mol. The first-order chi connectivity index (χ1) is 9.45. The number of nitrogens with one attached hydrogen (secondary N) is 1. The lowest BCUT2D eigenvalue weighted by atomic mass is 9.73. The molecule has 0 saturated heterocycles. The summed E-state index contributed by atoms with van der Waals surface area (Å²) in [6.07, 6.45) is 3.81. The second-order valence-corrected chi connectivity index (χ2v) is 5.24. The Morgan fingerprint density at radius 1 is 1.45 bits per heavy atom. The molecule has 1 aromatic heterocycles. The highest BCUT2D eigenvalue weighted by Crippen LogP contribution is 2.34. The third kappa shape index (κ3) is 2.64. The number of hydrogen-bond donors (Lipinski definition) is 2.